The number of rotatable bonds is 6. The van der Waals surface area contributed by atoms with Gasteiger partial charge in [-0.2, -0.15) is 0 Å². The van der Waals surface area contributed by atoms with Gasteiger partial charge < -0.3 is 14.2 Å². The maximum absolute atomic E-state index is 12.1. The van der Waals surface area contributed by atoms with Gasteiger partial charge in [-0.05, 0) is 59.6 Å². The van der Waals surface area contributed by atoms with Crippen molar-refractivity contribution in [2.75, 3.05) is 5.32 Å². The average molecular weight is 393 g/mol. The first-order chi connectivity index (χ1) is 12.8. The average Bonchev–Trinajstić information content (AvgIpc) is 2.51. The molecule has 1 aromatic rings. The lowest BCUT2D eigenvalue weighted by molar-refractivity contribution is -0.154. The summed E-state index contributed by atoms with van der Waals surface area (Å²) in [6, 6.07) is 5.06. The van der Waals surface area contributed by atoms with Crippen LogP contribution in [0.4, 0.5) is 10.5 Å². The number of aryl methyl sites for hydroxylation is 1. The Labute approximate surface area is 166 Å². The third-order valence-electron chi connectivity index (χ3n) is 3.26. The minimum absolute atomic E-state index is 0.115. The molecular weight excluding hydrogens is 362 g/mol. The van der Waals surface area contributed by atoms with Crippen LogP contribution in [0.2, 0.25) is 0 Å². The molecule has 0 aromatic heterocycles. The van der Waals surface area contributed by atoms with Gasteiger partial charge in [0.2, 0.25) is 0 Å². The van der Waals surface area contributed by atoms with Crippen LogP contribution in [0.5, 0.6) is 5.75 Å². The van der Waals surface area contributed by atoms with Crippen molar-refractivity contribution in [3.8, 4) is 5.75 Å². The second-order valence-corrected chi connectivity index (χ2v) is 8.33. The molecule has 156 valence electrons. The number of esters is 2. The van der Waals surface area contributed by atoms with Crippen LogP contribution < -0.4 is 10.1 Å². The van der Waals surface area contributed by atoms with E-state index in [2.05, 4.69) is 5.32 Å². The molecule has 0 saturated carbocycles. The topological polar surface area (TPSA) is 90.9 Å². The van der Waals surface area contributed by atoms with E-state index in [1.54, 1.807) is 66.7 Å². The minimum Gasteiger partial charge on any atom is -0.460 e. The Bertz CT molecular complexity index is 713. The lowest BCUT2D eigenvalue weighted by Gasteiger charge is -2.21. The molecule has 0 atom stereocenters. The SMILES string of the molecule is CCC(=O)Oc1c(CCC(=O)OC(C)(C)C)cccc1NC(=O)OC(C)(C)C. The summed E-state index contributed by atoms with van der Waals surface area (Å²) in [6.07, 6.45) is -0.0770. The molecule has 0 aliphatic heterocycles. The molecule has 7 nitrogen and oxygen atoms in total. The summed E-state index contributed by atoms with van der Waals surface area (Å²) in [5.41, 5.74) is -0.327. The highest BCUT2D eigenvalue weighted by molar-refractivity contribution is 5.88. The van der Waals surface area contributed by atoms with Crippen molar-refractivity contribution in [2.24, 2.45) is 0 Å². The Kier molecular flexibility index (Phi) is 8.02. The van der Waals surface area contributed by atoms with Gasteiger partial charge in [0.1, 0.15) is 11.2 Å². The van der Waals surface area contributed by atoms with Crippen LogP contribution in [0.1, 0.15) is 66.9 Å². The van der Waals surface area contributed by atoms with Crippen molar-refractivity contribution in [3.05, 3.63) is 23.8 Å². The van der Waals surface area contributed by atoms with Crippen LogP contribution in [-0.4, -0.2) is 29.2 Å². The van der Waals surface area contributed by atoms with Crippen LogP contribution in [0.3, 0.4) is 0 Å². The molecule has 1 amide bonds. The first-order valence-electron chi connectivity index (χ1n) is 9.35. The molecule has 0 spiro atoms. The number of benzene rings is 1. The summed E-state index contributed by atoms with van der Waals surface area (Å²) in [5.74, 6) is -0.591. The maximum atomic E-state index is 12.1. The number of para-hydroxylation sites is 1. The highest BCUT2D eigenvalue weighted by Gasteiger charge is 2.21. The van der Waals surface area contributed by atoms with Gasteiger partial charge in [-0.1, -0.05) is 19.1 Å². The molecular formula is C21H31NO6. The minimum atomic E-state index is -0.668. The molecule has 1 N–H and O–H groups in total. The van der Waals surface area contributed by atoms with Gasteiger partial charge in [0.05, 0.1) is 5.69 Å². The zero-order valence-corrected chi connectivity index (χ0v) is 17.8. The third kappa shape index (κ3) is 8.88. The summed E-state index contributed by atoms with van der Waals surface area (Å²) in [6.45, 7) is 12.3. The van der Waals surface area contributed by atoms with Gasteiger partial charge in [-0.15, -0.1) is 0 Å². The van der Waals surface area contributed by atoms with Gasteiger partial charge in [0.15, 0.2) is 5.75 Å². The van der Waals surface area contributed by atoms with Crippen LogP contribution in [0, 0.1) is 0 Å². The van der Waals surface area contributed by atoms with E-state index >= 15 is 0 Å². The van der Waals surface area contributed by atoms with Gasteiger partial charge >= 0.3 is 18.0 Å². The van der Waals surface area contributed by atoms with E-state index < -0.39 is 23.3 Å². The predicted molar refractivity (Wildman–Crippen MR) is 106 cm³/mol. The van der Waals surface area contributed by atoms with Crippen LogP contribution in [0.15, 0.2) is 18.2 Å². The highest BCUT2D eigenvalue weighted by Crippen LogP contribution is 2.31. The normalized spacial score (nSPS) is 11.5. The van der Waals surface area contributed by atoms with Gasteiger partial charge in [-0.3, -0.25) is 14.9 Å². The fourth-order valence-corrected chi connectivity index (χ4v) is 2.23. The van der Waals surface area contributed by atoms with Crippen molar-refractivity contribution in [3.63, 3.8) is 0 Å². The number of ether oxygens (including phenoxy) is 3. The molecule has 28 heavy (non-hydrogen) atoms. The van der Waals surface area contributed by atoms with Crippen molar-refractivity contribution in [2.45, 2.75) is 78.9 Å². The summed E-state index contributed by atoms with van der Waals surface area (Å²) in [7, 11) is 0. The Morgan fingerprint density at radius 3 is 2.07 bits per heavy atom. The molecule has 0 aliphatic carbocycles. The molecule has 0 bridgehead atoms. The van der Waals surface area contributed by atoms with E-state index in [9.17, 15) is 14.4 Å². The molecule has 0 unspecified atom stereocenters. The standard InChI is InChI=1S/C21H31NO6/c1-8-16(23)26-18-14(12-13-17(24)27-20(2,3)4)10-9-11-15(18)22-19(25)28-21(5,6)7/h9-11H,8,12-13H2,1-7H3,(H,22,25). The van der Waals surface area contributed by atoms with Crippen LogP contribution in [0.25, 0.3) is 0 Å². The molecule has 1 aromatic carbocycles. The number of hydrogen-bond donors (Lipinski definition) is 1. The fourth-order valence-electron chi connectivity index (χ4n) is 2.23. The molecule has 1 rings (SSSR count). The van der Waals surface area contributed by atoms with E-state index in [1.165, 1.54) is 0 Å². The fraction of sp³-hybridized carbons (Fsp3) is 0.571. The first kappa shape index (κ1) is 23.5. The van der Waals surface area contributed by atoms with Crippen molar-refractivity contribution in [1.29, 1.82) is 0 Å². The molecule has 7 heteroatoms. The van der Waals surface area contributed by atoms with Crippen molar-refractivity contribution < 1.29 is 28.6 Å². The Morgan fingerprint density at radius 2 is 1.54 bits per heavy atom. The molecule has 0 heterocycles. The first-order valence-corrected chi connectivity index (χ1v) is 9.35. The summed E-state index contributed by atoms with van der Waals surface area (Å²) in [5, 5.41) is 2.61. The zero-order valence-electron chi connectivity index (χ0n) is 17.8. The van der Waals surface area contributed by atoms with E-state index in [1.807, 2.05) is 0 Å². The molecule has 0 radical (unpaired) electrons. The lowest BCUT2D eigenvalue weighted by atomic mass is 10.1. The number of nitrogens with one attached hydrogen (secondary N) is 1. The quantitative estimate of drug-likeness (QED) is 0.560. The number of amides is 1. The third-order valence-corrected chi connectivity index (χ3v) is 3.26. The molecule has 0 aliphatic rings. The Balaban J connectivity index is 3.04. The maximum Gasteiger partial charge on any atom is 0.412 e. The summed E-state index contributed by atoms with van der Waals surface area (Å²) >= 11 is 0. The molecule has 0 saturated heterocycles. The van der Waals surface area contributed by atoms with E-state index in [0.29, 0.717) is 17.7 Å². The van der Waals surface area contributed by atoms with Crippen molar-refractivity contribution >= 4 is 23.7 Å². The number of hydrogen-bond acceptors (Lipinski definition) is 6. The zero-order chi connectivity index (χ0) is 21.5. The number of carbonyl (C=O) groups is 3. The lowest BCUT2D eigenvalue weighted by Crippen LogP contribution is -2.27. The summed E-state index contributed by atoms with van der Waals surface area (Å²) < 4.78 is 16.0. The van der Waals surface area contributed by atoms with Crippen molar-refractivity contribution in [1.82, 2.24) is 0 Å². The highest BCUT2D eigenvalue weighted by atomic mass is 16.6. The van der Waals surface area contributed by atoms with Gasteiger partial charge in [0, 0.05) is 12.8 Å². The summed E-state index contributed by atoms with van der Waals surface area (Å²) in [4.78, 5) is 36.0. The second kappa shape index (κ2) is 9.57. The Hall–Kier alpha value is -2.57. The van der Waals surface area contributed by atoms with E-state index in [-0.39, 0.29) is 24.6 Å². The Morgan fingerprint density at radius 1 is 0.929 bits per heavy atom. The molecule has 0 fully saturated rings. The predicted octanol–water partition coefficient (Wildman–Crippen LogP) is 4.62. The number of anilines is 1. The van der Waals surface area contributed by atoms with Gasteiger partial charge in [-0.25, -0.2) is 4.79 Å². The monoisotopic (exact) mass is 393 g/mol. The largest absolute Gasteiger partial charge is 0.460 e. The van der Waals surface area contributed by atoms with Crippen LogP contribution >= 0.6 is 0 Å². The smallest absolute Gasteiger partial charge is 0.412 e. The van der Waals surface area contributed by atoms with Gasteiger partial charge in [0.25, 0.3) is 0 Å². The number of carbonyl (C=O) groups excluding carboxylic acids is 3. The second-order valence-electron chi connectivity index (χ2n) is 8.33. The van der Waals surface area contributed by atoms with E-state index in [4.69, 9.17) is 14.2 Å². The van der Waals surface area contributed by atoms with Crippen LogP contribution in [-0.2, 0) is 25.5 Å². The van der Waals surface area contributed by atoms with E-state index in [0.717, 1.165) is 0 Å².